The number of carbonyl (C=O) groups excluding carboxylic acids is 1. The third-order valence-electron chi connectivity index (χ3n) is 3.30. The summed E-state index contributed by atoms with van der Waals surface area (Å²) in [6, 6.07) is 5.23. The van der Waals surface area contributed by atoms with E-state index in [-0.39, 0.29) is 5.91 Å². The lowest BCUT2D eigenvalue weighted by Crippen LogP contribution is -2.38. The second-order valence-electron chi connectivity index (χ2n) is 4.80. The van der Waals surface area contributed by atoms with Crippen LogP contribution in [0.1, 0.15) is 16.8 Å². The zero-order valence-corrected chi connectivity index (χ0v) is 13.0. The van der Waals surface area contributed by atoms with E-state index in [9.17, 15) is 4.79 Å². The number of nitrogen functional groups attached to an aromatic ring is 1. The Bertz CT molecular complexity index is 462. The van der Waals surface area contributed by atoms with Crippen molar-refractivity contribution in [3.05, 3.63) is 28.2 Å². The van der Waals surface area contributed by atoms with E-state index in [0.717, 1.165) is 43.7 Å². The van der Waals surface area contributed by atoms with Gasteiger partial charge in [0.15, 0.2) is 0 Å². The summed E-state index contributed by atoms with van der Waals surface area (Å²) < 4.78 is 6.10. The van der Waals surface area contributed by atoms with E-state index in [2.05, 4.69) is 26.1 Å². The number of amides is 1. The van der Waals surface area contributed by atoms with Crippen LogP contribution in [0.2, 0.25) is 0 Å². The van der Waals surface area contributed by atoms with Gasteiger partial charge in [-0.05, 0) is 47.1 Å². The summed E-state index contributed by atoms with van der Waals surface area (Å²) in [4.78, 5) is 14.3. The average Bonchev–Trinajstić information content (AvgIpc) is 2.47. The molecule has 0 unspecified atom stereocenters. The van der Waals surface area contributed by atoms with Crippen molar-refractivity contribution in [1.82, 2.24) is 10.2 Å². The number of ether oxygens (including phenoxy) is 1. The van der Waals surface area contributed by atoms with Gasteiger partial charge in [0, 0.05) is 35.4 Å². The van der Waals surface area contributed by atoms with Crippen molar-refractivity contribution < 1.29 is 9.53 Å². The molecule has 2 rings (SSSR count). The maximum Gasteiger partial charge on any atom is 0.251 e. The van der Waals surface area contributed by atoms with Crippen LogP contribution in [0.25, 0.3) is 0 Å². The fourth-order valence-corrected chi connectivity index (χ4v) is 2.36. The first kappa shape index (κ1) is 15.3. The fraction of sp³-hybridized carbons (Fsp3) is 0.500. The number of halogens is 1. The number of morpholine rings is 1. The van der Waals surface area contributed by atoms with Crippen LogP contribution in [-0.2, 0) is 4.74 Å². The lowest BCUT2D eigenvalue weighted by molar-refractivity contribution is 0.0374. The minimum absolute atomic E-state index is 0.0776. The zero-order valence-electron chi connectivity index (χ0n) is 11.4. The van der Waals surface area contributed by atoms with Gasteiger partial charge >= 0.3 is 0 Å². The van der Waals surface area contributed by atoms with E-state index in [1.54, 1.807) is 18.2 Å². The highest BCUT2D eigenvalue weighted by atomic mass is 79.9. The zero-order chi connectivity index (χ0) is 14.4. The van der Waals surface area contributed by atoms with Crippen LogP contribution >= 0.6 is 15.9 Å². The molecule has 1 fully saturated rings. The Hall–Kier alpha value is -1.11. The Labute approximate surface area is 127 Å². The molecular weight excluding hydrogens is 322 g/mol. The highest BCUT2D eigenvalue weighted by Crippen LogP contribution is 2.20. The van der Waals surface area contributed by atoms with Crippen LogP contribution in [0.3, 0.4) is 0 Å². The molecule has 0 bridgehead atoms. The third kappa shape index (κ3) is 4.47. The van der Waals surface area contributed by atoms with Crippen molar-refractivity contribution in [3.8, 4) is 0 Å². The molecule has 5 nitrogen and oxygen atoms in total. The Morgan fingerprint density at radius 2 is 2.15 bits per heavy atom. The quantitative estimate of drug-likeness (QED) is 0.628. The molecule has 0 aromatic heterocycles. The van der Waals surface area contributed by atoms with Gasteiger partial charge in [0.05, 0.1) is 13.2 Å². The van der Waals surface area contributed by atoms with Gasteiger partial charge in [-0.2, -0.15) is 0 Å². The summed E-state index contributed by atoms with van der Waals surface area (Å²) in [5.74, 6) is -0.0776. The topological polar surface area (TPSA) is 67.6 Å². The summed E-state index contributed by atoms with van der Waals surface area (Å²) in [6.45, 7) is 5.25. The molecule has 1 aliphatic rings. The first-order chi connectivity index (χ1) is 9.66. The highest BCUT2D eigenvalue weighted by Gasteiger charge is 2.10. The summed E-state index contributed by atoms with van der Waals surface area (Å²) >= 11 is 3.31. The number of nitrogens with one attached hydrogen (secondary N) is 1. The molecule has 1 heterocycles. The molecule has 1 aromatic carbocycles. The largest absolute Gasteiger partial charge is 0.398 e. The van der Waals surface area contributed by atoms with Gasteiger partial charge in [-0.3, -0.25) is 9.69 Å². The van der Waals surface area contributed by atoms with Gasteiger partial charge in [-0.15, -0.1) is 0 Å². The molecule has 6 heteroatoms. The molecular formula is C14H20BrN3O2. The molecule has 0 spiro atoms. The van der Waals surface area contributed by atoms with Crippen LogP contribution in [0.15, 0.2) is 22.7 Å². The van der Waals surface area contributed by atoms with Crippen LogP contribution < -0.4 is 11.1 Å². The lowest BCUT2D eigenvalue weighted by atomic mass is 10.2. The lowest BCUT2D eigenvalue weighted by Gasteiger charge is -2.26. The van der Waals surface area contributed by atoms with Crippen molar-refractivity contribution in [2.24, 2.45) is 0 Å². The minimum Gasteiger partial charge on any atom is -0.398 e. The fourth-order valence-electron chi connectivity index (χ4n) is 2.12. The summed E-state index contributed by atoms with van der Waals surface area (Å²) in [5.41, 5.74) is 6.93. The molecule has 1 saturated heterocycles. The molecule has 0 radical (unpaired) electrons. The molecule has 3 N–H and O–H groups in total. The first-order valence-corrected chi connectivity index (χ1v) is 7.59. The van der Waals surface area contributed by atoms with Crippen LogP contribution in [-0.4, -0.2) is 50.2 Å². The SMILES string of the molecule is Nc1cc(C(=O)NCCCN2CCOCC2)ccc1Br. The summed E-state index contributed by atoms with van der Waals surface area (Å²) in [6.07, 6.45) is 0.942. The van der Waals surface area contributed by atoms with Crippen molar-refractivity contribution in [3.63, 3.8) is 0 Å². The molecule has 1 amide bonds. The van der Waals surface area contributed by atoms with Crippen molar-refractivity contribution in [2.45, 2.75) is 6.42 Å². The highest BCUT2D eigenvalue weighted by molar-refractivity contribution is 9.10. The van der Waals surface area contributed by atoms with E-state index in [0.29, 0.717) is 17.8 Å². The number of benzene rings is 1. The number of nitrogens with zero attached hydrogens (tertiary/aromatic N) is 1. The van der Waals surface area contributed by atoms with E-state index < -0.39 is 0 Å². The molecule has 0 aliphatic carbocycles. The van der Waals surface area contributed by atoms with E-state index >= 15 is 0 Å². The van der Waals surface area contributed by atoms with Gasteiger partial charge in [-0.1, -0.05) is 0 Å². The van der Waals surface area contributed by atoms with E-state index in [1.807, 2.05) is 0 Å². The normalized spacial score (nSPS) is 16.1. The monoisotopic (exact) mass is 341 g/mol. The molecule has 1 aromatic rings. The molecule has 0 atom stereocenters. The Morgan fingerprint density at radius 3 is 2.85 bits per heavy atom. The molecule has 1 aliphatic heterocycles. The van der Waals surface area contributed by atoms with Gasteiger partial charge < -0.3 is 15.8 Å². The molecule has 20 heavy (non-hydrogen) atoms. The predicted octanol–water partition coefficient (Wildman–Crippen LogP) is 1.48. The average molecular weight is 342 g/mol. The van der Waals surface area contributed by atoms with Gasteiger partial charge in [-0.25, -0.2) is 0 Å². The number of anilines is 1. The number of hydrogen-bond donors (Lipinski definition) is 2. The van der Waals surface area contributed by atoms with Gasteiger partial charge in [0.25, 0.3) is 5.91 Å². The second kappa shape index (κ2) is 7.61. The Kier molecular flexibility index (Phi) is 5.82. The van der Waals surface area contributed by atoms with Gasteiger partial charge in [0.1, 0.15) is 0 Å². The van der Waals surface area contributed by atoms with Crippen LogP contribution in [0.5, 0.6) is 0 Å². The van der Waals surface area contributed by atoms with Crippen molar-refractivity contribution in [2.75, 3.05) is 45.1 Å². The number of hydrogen-bond acceptors (Lipinski definition) is 4. The Balaban J connectivity index is 1.70. The standard InChI is InChI=1S/C14H20BrN3O2/c15-12-3-2-11(10-13(12)16)14(19)17-4-1-5-18-6-8-20-9-7-18/h2-3,10H,1,4-9,16H2,(H,17,19). The summed E-state index contributed by atoms with van der Waals surface area (Å²) in [7, 11) is 0. The van der Waals surface area contributed by atoms with E-state index in [1.165, 1.54) is 0 Å². The third-order valence-corrected chi connectivity index (χ3v) is 4.02. The number of carbonyl (C=O) groups is 1. The van der Waals surface area contributed by atoms with Crippen molar-refractivity contribution >= 4 is 27.5 Å². The minimum atomic E-state index is -0.0776. The Morgan fingerprint density at radius 1 is 1.40 bits per heavy atom. The van der Waals surface area contributed by atoms with Crippen LogP contribution in [0, 0.1) is 0 Å². The maximum atomic E-state index is 11.9. The predicted molar refractivity (Wildman–Crippen MR) is 82.8 cm³/mol. The number of rotatable bonds is 5. The van der Waals surface area contributed by atoms with Crippen molar-refractivity contribution in [1.29, 1.82) is 0 Å². The first-order valence-electron chi connectivity index (χ1n) is 6.80. The van der Waals surface area contributed by atoms with Gasteiger partial charge in [0.2, 0.25) is 0 Å². The smallest absolute Gasteiger partial charge is 0.251 e. The molecule has 110 valence electrons. The summed E-state index contributed by atoms with van der Waals surface area (Å²) in [5, 5.41) is 2.92. The maximum absolute atomic E-state index is 11.9. The second-order valence-corrected chi connectivity index (χ2v) is 5.65. The number of nitrogens with two attached hydrogens (primary N) is 1. The van der Waals surface area contributed by atoms with Crippen LogP contribution in [0.4, 0.5) is 5.69 Å². The molecule has 0 saturated carbocycles. The van der Waals surface area contributed by atoms with E-state index in [4.69, 9.17) is 10.5 Å².